The van der Waals surface area contributed by atoms with E-state index in [4.69, 9.17) is 37.4 Å². The number of hydrogen-bond donors (Lipinski definition) is 1. The quantitative estimate of drug-likeness (QED) is 0.745. The Bertz CT molecular complexity index is 752. The molecule has 1 N–H and O–H groups in total. The number of methoxy groups -OCH3 is 2. The molecule has 5 nitrogen and oxygen atoms in total. The molecule has 0 saturated carbocycles. The van der Waals surface area contributed by atoms with Crippen LogP contribution in [0, 0.1) is 0 Å². The standard InChI is InChI=1S/C18H19Cl2NO4/c1-4-14(25-15-8-6-5-7-11(15)19)18(22)21-13-10-16(23-2)12(20)9-17(13)24-3/h5-10,14H,4H2,1-3H3,(H,21,22)/t14-/m1/s1. The van der Waals surface area contributed by atoms with Crippen molar-refractivity contribution in [1.82, 2.24) is 0 Å². The molecule has 1 amide bonds. The minimum Gasteiger partial charge on any atom is -0.495 e. The molecule has 0 aliphatic carbocycles. The summed E-state index contributed by atoms with van der Waals surface area (Å²) in [7, 11) is 2.99. The topological polar surface area (TPSA) is 56.8 Å². The van der Waals surface area contributed by atoms with Crippen LogP contribution < -0.4 is 19.5 Å². The third-order valence-electron chi connectivity index (χ3n) is 3.50. The molecule has 25 heavy (non-hydrogen) atoms. The zero-order chi connectivity index (χ0) is 18.4. The van der Waals surface area contributed by atoms with E-state index in [9.17, 15) is 4.79 Å². The van der Waals surface area contributed by atoms with Crippen molar-refractivity contribution in [3.05, 3.63) is 46.4 Å². The van der Waals surface area contributed by atoms with Crippen LogP contribution in [-0.4, -0.2) is 26.2 Å². The Morgan fingerprint density at radius 3 is 2.32 bits per heavy atom. The van der Waals surface area contributed by atoms with Gasteiger partial charge in [0.2, 0.25) is 0 Å². The third kappa shape index (κ3) is 4.71. The van der Waals surface area contributed by atoms with Gasteiger partial charge in [0.15, 0.2) is 6.10 Å². The summed E-state index contributed by atoms with van der Waals surface area (Å²) in [6.45, 7) is 1.85. The summed E-state index contributed by atoms with van der Waals surface area (Å²) in [5.41, 5.74) is 0.440. The second kappa shape index (κ2) is 8.83. The van der Waals surface area contributed by atoms with Crippen molar-refractivity contribution < 1.29 is 19.0 Å². The Balaban J connectivity index is 2.20. The summed E-state index contributed by atoms with van der Waals surface area (Å²) < 4.78 is 16.2. The van der Waals surface area contributed by atoms with Crippen molar-refractivity contribution >= 4 is 34.8 Å². The molecule has 2 rings (SSSR count). The minimum absolute atomic E-state index is 0.329. The van der Waals surface area contributed by atoms with E-state index in [1.54, 1.807) is 36.4 Å². The smallest absolute Gasteiger partial charge is 0.265 e. The fraction of sp³-hybridized carbons (Fsp3) is 0.278. The summed E-state index contributed by atoms with van der Waals surface area (Å²) >= 11 is 12.2. The van der Waals surface area contributed by atoms with Gasteiger partial charge < -0.3 is 19.5 Å². The maximum atomic E-state index is 12.6. The lowest BCUT2D eigenvalue weighted by molar-refractivity contribution is -0.122. The number of carbonyl (C=O) groups excluding carboxylic acids is 1. The van der Waals surface area contributed by atoms with Gasteiger partial charge in [0.25, 0.3) is 5.91 Å². The molecule has 0 spiro atoms. The van der Waals surface area contributed by atoms with Crippen LogP contribution in [0.25, 0.3) is 0 Å². The van der Waals surface area contributed by atoms with Crippen LogP contribution in [0.2, 0.25) is 10.0 Å². The highest BCUT2D eigenvalue weighted by atomic mass is 35.5. The summed E-state index contributed by atoms with van der Waals surface area (Å²) in [5.74, 6) is 0.974. The van der Waals surface area contributed by atoms with Crippen molar-refractivity contribution in [2.24, 2.45) is 0 Å². The molecule has 0 aromatic heterocycles. The number of carbonyl (C=O) groups is 1. The van der Waals surface area contributed by atoms with Gasteiger partial charge in [0, 0.05) is 12.1 Å². The molecule has 134 valence electrons. The lowest BCUT2D eigenvalue weighted by Gasteiger charge is -2.19. The van der Waals surface area contributed by atoms with E-state index < -0.39 is 6.10 Å². The number of nitrogens with one attached hydrogen (secondary N) is 1. The molecule has 0 bridgehead atoms. The highest BCUT2D eigenvalue weighted by molar-refractivity contribution is 6.32. The second-order valence-corrected chi connectivity index (χ2v) is 5.94. The Labute approximate surface area is 156 Å². The Hall–Kier alpha value is -2.11. The van der Waals surface area contributed by atoms with Gasteiger partial charge in [-0.1, -0.05) is 42.3 Å². The van der Waals surface area contributed by atoms with Crippen LogP contribution in [-0.2, 0) is 4.79 Å². The molecule has 0 unspecified atom stereocenters. The van der Waals surface area contributed by atoms with E-state index in [0.717, 1.165) is 0 Å². The van der Waals surface area contributed by atoms with E-state index in [0.29, 0.717) is 39.4 Å². The van der Waals surface area contributed by atoms with Crippen LogP contribution >= 0.6 is 23.2 Å². The van der Waals surface area contributed by atoms with Gasteiger partial charge in [-0.3, -0.25) is 4.79 Å². The number of benzene rings is 2. The van der Waals surface area contributed by atoms with Gasteiger partial charge in [-0.05, 0) is 18.6 Å². The predicted molar refractivity (Wildman–Crippen MR) is 99.3 cm³/mol. The molecule has 0 aliphatic rings. The number of halogens is 2. The van der Waals surface area contributed by atoms with Crippen molar-refractivity contribution in [3.8, 4) is 17.2 Å². The molecule has 0 heterocycles. The maximum absolute atomic E-state index is 12.6. The van der Waals surface area contributed by atoms with Crippen molar-refractivity contribution in [2.75, 3.05) is 19.5 Å². The highest BCUT2D eigenvalue weighted by Crippen LogP contribution is 2.36. The average Bonchev–Trinajstić information content (AvgIpc) is 2.61. The number of para-hydroxylation sites is 1. The van der Waals surface area contributed by atoms with Crippen LogP contribution in [0.5, 0.6) is 17.2 Å². The number of amides is 1. The second-order valence-electron chi connectivity index (χ2n) is 5.12. The largest absolute Gasteiger partial charge is 0.495 e. The average molecular weight is 384 g/mol. The van der Waals surface area contributed by atoms with E-state index in [-0.39, 0.29) is 5.91 Å². The summed E-state index contributed by atoms with van der Waals surface area (Å²) in [6.07, 6.45) is -0.254. The van der Waals surface area contributed by atoms with Gasteiger partial charge in [-0.15, -0.1) is 0 Å². The van der Waals surface area contributed by atoms with Gasteiger partial charge in [-0.25, -0.2) is 0 Å². The van der Waals surface area contributed by atoms with Gasteiger partial charge >= 0.3 is 0 Å². The zero-order valence-corrected chi connectivity index (χ0v) is 15.6. The SMILES string of the molecule is CC[C@@H](Oc1ccccc1Cl)C(=O)Nc1cc(OC)c(Cl)cc1OC. The molecular formula is C18H19Cl2NO4. The first-order valence-corrected chi connectivity index (χ1v) is 8.39. The monoisotopic (exact) mass is 383 g/mol. The predicted octanol–water partition coefficient (Wildman–Crippen LogP) is 4.81. The molecular weight excluding hydrogens is 365 g/mol. The van der Waals surface area contributed by atoms with Crippen LogP contribution in [0.4, 0.5) is 5.69 Å². The first-order chi connectivity index (χ1) is 12.0. The van der Waals surface area contributed by atoms with E-state index >= 15 is 0 Å². The summed E-state index contributed by atoms with van der Waals surface area (Å²) in [4.78, 5) is 12.6. The first-order valence-electron chi connectivity index (χ1n) is 7.63. The van der Waals surface area contributed by atoms with E-state index in [1.807, 2.05) is 6.92 Å². The maximum Gasteiger partial charge on any atom is 0.265 e. The van der Waals surface area contributed by atoms with Gasteiger partial charge in [-0.2, -0.15) is 0 Å². The minimum atomic E-state index is -0.716. The molecule has 7 heteroatoms. The van der Waals surface area contributed by atoms with Gasteiger partial charge in [0.05, 0.1) is 30.0 Å². The molecule has 1 atom stereocenters. The van der Waals surface area contributed by atoms with Crippen molar-refractivity contribution in [2.45, 2.75) is 19.4 Å². The van der Waals surface area contributed by atoms with Crippen LogP contribution in [0.1, 0.15) is 13.3 Å². The first kappa shape index (κ1) is 19.2. The molecule has 2 aromatic carbocycles. The zero-order valence-electron chi connectivity index (χ0n) is 14.1. The van der Waals surface area contributed by atoms with Crippen molar-refractivity contribution in [3.63, 3.8) is 0 Å². The Kier molecular flexibility index (Phi) is 6.79. The van der Waals surface area contributed by atoms with Crippen LogP contribution in [0.15, 0.2) is 36.4 Å². The Morgan fingerprint density at radius 1 is 1.04 bits per heavy atom. The number of ether oxygens (including phenoxy) is 3. The van der Waals surface area contributed by atoms with E-state index in [2.05, 4.69) is 5.32 Å². The molecule has 0 radical (unpaired) electrons. The number of hydrogen-bond acceptors (Lipinski definition) is 4. The normalized spacial score (nSPS) is 11.6. The van der Waals surface area contributed by atoms with Crippen LogP contribution in [0.3, 0.4) is 0 Å². The van der Waals surface area contributed by atoms with E-state index in [1.165, 1.54) is 14.2 Å². The molecule has 0 aliphatic heterocycles. The molecule has 0 saturated heterocycles. The summed E-state index contributed by atoms with van der Waals surface area (Å²) in [6, 6.07) is 10.2. The highest BCUT2D eigenvalue weighted by Gasteiger charge is 2.21. The lowest BCUT2D eigenvalue weighted by Crippen LogP contribution is -2.32. The molecule has 2 aromatic rings. The summed E-state index contributed by atoms with van der Waals surface area (Å²) in [5, 5.41) is 3.61. The van der Waals surface area contributed by atoms with Crippen molar-refractivity contribution in [1.29, 1.82) is 0 Å². The number of rotatable bonds is 7. The number of anilines is 1. The van der Waals surface area contributed by atoms with Gasteiger partial charge in [0.1, 0.15) is 17.2 Å². The fourth-order valence-corrected chi connectivity index (χ4v) is 2.60. The lowest BCUT2D eigenvalue weighted by atomic mass is 10.2. The fourth-order valence-electron chi connectivity index (χ4n) is 2.19. The Morgan fingerprint density at radius 2 is 1.72 bits per heavy atom. The molecule has 0 fully saturated rings. The third-order valence-corrected chi connectivity index (χ3v) is 4.11.